The number of hydrogen-bond acceptors (Lipinski definition) is 2. The molecule has 18 heavy (non-hydrogen) atoms. The Morgan fingerprint density at radius 1 is 1.28 bits per heavy atom. The highest BCUT2D eigenvalue weighted by Crippen LogP contribution is 2.16. The van der Waals surface area contributed by atoms with Gasteiger partial charge in [0.05, 0.1) is 0 Å². The van der Waals surface area contributed by atoms with Gasteiger partial charge in [-0.3, -0.25) is 9.59 Å². The summed E-state index contributed by atoms with van der Waals surface area (Å²) in [6.07, 6.45) is 0.625. The number of aliphatic carboxylic acids is 1. The second-order valence-corrected chi connectivity index (χ2v) is 4.50. The summed E-state index contributed by atoms with van der Waals surface area (Å²) in [5.74, 6) is -0.951. The molecule has 0 saturated heterocycles. The average Bonchev–Trinajstić information content (AvgIpc) is 2.31. The number of benzene rings is 1. The van der Waals surface area contributed by atoms with Gasteiger partial charge in [0, 0.05) is 31.5 Å². The summed E-state index contributed by atoms with van der Waals surface area (Å²) in [4.78, 5) is 23.6. The Morgan fingerprint density at radius 2 is 1.94 bits per heavy atom. The van der Waals surface area contributed by atoms with E-state index in [0.717, 1.165) is 5.56 Å². The zero-order chi connectivity index (χ0) is 13.5. The zero-order valence-corrected chi connectivity index (χ0v) is 11.0. The number of hydrogen-bond donors (Lipinski definition) is 1. The first-order chi connectivity index (χ1) is 8.50. The zero-order valence-electron chi connectivity index (χ0n) is 10.2. The van der Waals surface area contributed by atoms with Gasteiger partial charge in [0.2, 0.25) is 5.91 Å². The third kappa shape index (κ3) is 4.75. The van der Waals surface area contributed by atoms with Crippen molar-refractivity contribution in [1.82, 2.24) is 4.90 Å². The average molecular weight is 270 g/mol. The van der Waals surface area contributed by atoms with Crippen LogP contribution in [0.4, 0.5) is 0 Å². The van der Waals surface area contributed by atoms with Crippen LogP contribution in [0, 0.1) is 0 Å². The summed E-state index contributed by atoms with van der Waals surface area (Å²) in [6, 6.07) is 7.34. The molecular weight excluding hydrogens is 254 g/mol. The molecule has 0 unspecified atom stereocenters. The quantitative estimate of drug-likeness (QED) is 0.863. The van der Waals surface area contributed by atoms with Gasteiger partial charge >= 0.3 is 5.97 Å². The molecule has 5 heteroatoms. The van der Waals surface area contributed by atoms with Gasteiger partial charge in [0.25, 0.3) is 0 Å². The van der Waals surface area contributed by atoms with Crippen LogP contribution in [-0.4, -0.2) is 28.9 Å². The highest BCUT2D eigenvalue weighted by Gasteiger charge is 2.11. The van der Waals surface area contributed by atoms with Crippen LogP contribution in [-0.2, 0) is 16.1 Å². The molecule has 0 aliphatic carbocycles. The minimum Gasteiger partial charge on any atom is -0.481 e. The van der Waals surface area contributed by atoms with Gasteiger partial charge in [-0.15, -0.1) is 0 Å². The molecule has 0 atom stereocenters. The van der Waals surface area contributed by atoms with Crippen molar-refractivity contribution in [2.75, 3.05) is 7.05 Å². The lowest BCUT2D eigenvalue weighted by atomic mass is 10.2. The highest BCUT2D eigenvalue weighted by atomic mass is 35.5. The SMILES string of the molecule is CN(Cc1ccccc1Cl)C(=O)CCCC(=O)O. The minimum absolute atomic E-state index is 0.0195. The van der Waals surface area contributed by atoms with E-state index < -0.39 is 5.97 Å². The van der Waals surface area contributed by atoms with E-state index in [0.29, 0.717) is 18.0 Å². The largest absolute Gasteiger partial charge is 0.481 e. The molecule has 1 amide bonds. The van der Waals surface area contributed by atoms with Gasteiger partial charge in [0.1, 0.15) is 0 Å². The molecule has 4 nitrogen and oxygen atoms in total. The molecule has 0 aliphatic rings. The molecule has 0 aliphatic heterocycles. The first-order valence-electron chi connectivity index (χ1n) is 5.70. The van der Waals surface area contributed by atoms with Crippen LogP contribution in [0.1, 0.15) is 24.8 Å². The van der Waals surface area contributed by atoms with E-state index in [1.54, 1.807) is 18.0 Å². The van der Waals surface area contributed by atoms with Crippen molar-refractivity contribution in [3.8, 4) is 0 Å². The molecule has 0 radical (unpaired) electrons. The monoisotopic (exact) mass is 269 g/mol. The summed E-state index contributed by atoms with van der Waals surface area (Å²) in [5.41, 5.74) is 0.883. The van der Waals surface area contributed by atoms with E-state index in [4.69, 9.17) is 16.7 Å². The first kappa shape index (κ1) is 14.5. The Balaban J connectivity index is 2.45. The number of halogens is 1. The number of rotatable bonds is 6. The van der Waals surface area contributed by atoms with Crippen LogP contribution in [0.15, 0.2) is 24.3 Å². The number of carboxylic acids is 1. The van der Waals surface area contributed by atoms with Crippen molar-refractivity contribution in [3.05, 3.63) is 34.9 Å². The molecule has 1 rings (SSSR count). The highest BCUT2D eigenvalue weighted by molar-refractivity contribution is 6.31. The molecule has 0 bridgehead atoms. The van der Waals surface area contributed by atoms with Gasteiger partial charge in [-0.1, -0.05) is 29.8 Å². The number of carbonyl (C=O) groups is 2. The van der Waals surface area contributed by atoms with Crippen molar-refractivity contribution in [2.45, 2.75) is 25.8 Å². The number of carbonyl (C=O) groups excluding carboxylic acids is 1. The molecule has 1 aromatic carbocycles. The number of carboxylic acid groups (broad SMARTS) is 1. The normalized spacial score (nSPS) is 10.1. The lowest BCUT2D eigenvalue weighted by molar-refractivity contribution is -0.137. The maximum absolute atomic E-state index is 11.7. The Bertz CT molecular complexity index is 434. The minimum atomic E-state index is -0.878. The van der Waals surface area contributed by atoms with Gasteiger partial charge in [-0.05, 0) is 18.1 Å². The maximum Gasteiger partial charge on any atom is 0.303 e. The van der Waals surface area contributed by atoms with E-state index in [1.807, 2.05) is 18.2 Å². The van der Waals surface area contributed by atoms with Crippen molar-refractivity contribution in [1.29, 1.82) is 0 Å². The summed E-state index contributed by atoms with van der Waals surface area (Å²) < 4.78 is 0. The van der Waals surface area contributed by atoms with Crippen LogP contribution >= 0.6 is 11.6 Å². The maximum atomic E-state index is 11.7. The molecule has 0 saturated carbocycles. The van der Waals surface area contributed by atoms with Crippen molar-refractivity contribution >= 4 is 23.5 Å². The lowest BCUT2D eigenvalue weighted by Gasteiger charge is -2.17. The van der Waals surface area contributed by atoms with Gasteiger partial charge in [-0.25, -0.2) is 0 Å². The summed E-state index contributed by atoms with van der Waals surface area (Å²) in [5, 5.41) is 9.12. The van der Waals surface area contributed by atoms with E-state index in [2.05, 4.69) is 0 Å². The number of amides is 1. The molecule has 98 valence electrons. The Kier molecular flexibility index (Phi) is 5.65. The summed E-state index contributed by atoms with van der Waals surface area (Å²) in [6.45, 7) is 0.436. The van der Waals surface area contributed by atoms with Crippen LogP contribution < -0.4 is 0 Å². The summed E-state index contributed by atoms with van der Waals surface area (Å²) >= 11 is 6.00. The Labute approximate surface area is 111 Å². The van der Waals surface area contributed by atoms with E-state index in [1.165, 1.54) is 0 Å². The van der Waals surface area contributed by atoms with Crippen LogP contribution in [0.25, 0.3) is 0 Å². The molecule has 1 N–H and O–H groups in total. The van der Waals surface area contributed by atoms with Gasteiger partial charge < -0.3 is 10.0 Å². The van der Waals surface area contributed by atoms with Crippen LogP contribution in [0.2, 0.25) is 5.02 Å². The molecular formula is C13H16ClNO3. The standard InChI is InChI=1S/C13H16ClNO3/c1-15(12(16)7-4-8-13(17)18)9-10-5-2-3-6-11(10)14/h2-3,5-6H,4,7-9H2,1H3,(H,17,18). The molecule has 0 spiro atoms. The van der Waals surface area contributed by atoms with Crippen molar-refractivity contribution in [2.24, 2.45) is 0 Å². The van der Waals surface area contributed by atoms with E-state index in [-0.39, 0.29) is 18.7 Å². The van der Waals surface area contributed by atoms with Gasteiger partial charge in [0.15, 0.2) is 0 Å². The summed E-state index contributed by atoms with van der Waals surface area (Å²) in [7, 11) is 1.69. The molecule has 0 aromatic heterocycles. The Morgan fingerprint density at radius 3 is 2.56 bits per heavy atom. The van der Waals surface area contributed by atoms with Gasteiger partial charge in [-0.2, -0.15) is 0 Å². The molecule has 0 heterocycles. The second kappa shape index (κ2) is 7.01. The fourth-order valence-electron chi connectivity index (χ4n) is 1.55. The van der Waals surface area contributed by atoms with Crippen LogP contribution in [0.5, 0.6) is 0 Å². The lowest BCUT2D eigenvalue weighted by Crippen LogP contribution is -2.26. The smallest absolute Gasteiger partial charge is 0.303 e. The van der Waals surface area contributed by atoms with Crippen LogP contribution in [0.3, 0.4) is 0 Å². The third-order valence-electron chi connectivity index (χ3n) is 2.57. The topological polar surface area (TPSA) is 57.6 Å². The molecule has 0 fully saturated rings. The second-order valence-electron chi connectivity index (χ2n) is 4.09. The van der Waals surface area contributed by atoms with Crippen molar-refractivity contribution in [3.63, 3.8) is 0 Å². The number of nitrogens with zero attached hydrogens (tertiary/aromatic N) is 1. The fourth-order valence-corrected chi connectivity index (χ4v) is 1.75. The van der Waals surface area contributed by atoms with E-state index >= 15 is 0 Å². The fraction of sp³-hybridized carbons (Fsp3) is 0.385. The van der Waals surface area contributed by atoms with E-state index in [9.17, 15) is 9.59 Å². The third-order valence-corrected chi connectivity index (χ3v) is 2.94. The Hall–Kier alpha value is -1.55. The predicted molar refractivity (Wildman–Crippen MR) is 69.4 cm³/mol. The predicted octanol–water partition coefficient (Wildman–Crippen LogP) is 2.55. The first-order valence-corrected chi connectivity index (χ1v) is 6.07. The molecule has 1 aromatic rings. The van der Waals surface area contributed by atoms with Crippen molar-refractivity contribution < 1.29 is 14.7 Å².